The van der Waals surface area contributed by atoms with Gasteiger partial charge in [0.2, 0.25) is 11.8 Å². The minimum absolute atomic E-state index is 0.167. The van der Waals surface area contributed by atoms with E-state index in [0.717, 1.165) is 10.0 Å². The molecule has 24 heavy (non-hydrogen) atoms. The Balaban J connectivity index is 1.74. The van der Waals surface area contributed by atoms with E-state index >= 15 is 0 Å². The maximum atomic E-state index is 11.9. The number of carbonyl (C=O) groups is 3. The van der Waals surface area contributed by atoms with Crippen molar-refractivity contribution >= 4 is 50.7 Å². The molecule has 1 aromatic carbocycles. The molecule has 0 spiro atoms. The lowest BCUT2D eigenvalue weighted by molar-refractivity contribution is -0.123. The smallest absolute Gasteiger partial charge is 0.261 e. The molecule has 0 aliphatic rings. The summed E-state index contributed by atoms with van der Waals surface area (Å²) in [7, 11) is 0. The fraction of sp³-hybridized carbons (Fsp3) is 0.188. The topological polar surface area (TPSA) is 87.3 Å². The summed E-state index contributed by atoms with van der Waals surface area (Å²) in [5.74, 6) is -1.08. The Morgan fingerprint density at radius 2 is 1.83 bits per heavy atom. The summed E-state index contributed by atoms with van der Waals surface area (Å²) < 4.78 is 0.851. The van der Waals surface area contributed by atoms with E-state index in [9.17, 15) is 14.4 Å². The molecule has 0 atom stereocenters. The number of benzene rings is 1. The van der Waals surface area contributed by atoms with Crippen LogP contribution in [-0.2, 0) is 9.59 Å². The van der Waals surface area contributed by atoms with Gasteiger partial charge in [-0.1, -0.05) is 28.1 Å². The van der Waals surface area contributed by atoms with Gasteiger partial charge in [-0.25, -0.2) is 0 Å². The Labute approximate surface area is 151 Å². The summed E-state index contributed by atoms with van der Waals surface area (Å²) >= 11 is 4.63. The zero-order valence-corrected chi connectivity index (χ0v) is 15.3. The zero-order chi connectivity index (χ0) is 17.5. The van der Waals surface area contributed by atoms with Gasteiger partial charge in [-0.3, -0.25) is 14.4 Å². The highest BCUT2D eigenvalue weighted by atomic mass is 79.9. The van der Waals surface area contributed by atoms with E-state index in [0.29, 0.717) is 10.6 Å². The first kappa shape index (κ1) is 18.2. The summed E-state index contributed by atoms with van der Waals surface area (Å²) in [6.45, 7) is 1.53. The third-order valence-electron chi connectivity index (χ3n) is 3.07. The van der Waals surface area contributed by atoms with Crippen LogP contribution < -0.4 is 16.0 Å². The second kappa shape index (κ2) is 8.60. The van der Waals surface area contributed by atoms with Gasteiger partial charge in [0.05, 0.1) is 18.0 Å². The Bertz CT molecular complexity index is 747. The van der Waals surface area contributed by atoms with Crippen LogP contribution in [0.5, 0.6) is 0 Å². The number of hydrogen-bond donors (Lipinski definition) is 3. The molecule has 0 saturated carbocycles. The van der Waals surface area contributed by atoms with Gasteiger partial charge in [-0.15, -0.1) is 11.3 Å². The van der Waals surface area contributed by atoms with Gasteiger partial charge in [0.1, 0.15) is 0 Å². The van der Waals surface area contributed by atoms with E-state index < -0.39 is 5.91 Å². The Hall–Kier alpha value is -2.19. The molecule has 3 amide bonds. The largest absolute Gasteiger partial charge is 0.345 e. The van der Waals surface area contributed by atoms with Gasteiger partial charge in [0.25, 0.3) is 5.91 Å². The Morgan fingerprint density at radius 1 is 1.08 bits per heavy atom. The molecule has 2 aromatic rings. The second-order valence-corrected chi connectivity index (χ2v) is 6.81. The van der Waals surface area contributed by atoms with Crippen LogP contribution in [0.1, 0.15) is 15.2 Å². The summed E-state index contributed by atoms with van der Waals surface area (Å²) in [6.07, 6.45) is 0. The highest BCUT2D eigenvalue weighted by Gasteiger charge is 2.10. The molecule has 0 fully saturated rings. The normalized spacial score (nSPS) is 10.1. The SMILES string of the molecule is Cc1ccc(Br)cc1NC(=O)CNC(=O)CNC(=O)c1cccs1. The predicted octanol–water partition coefficient (Wildman–Crippen LogP) is 2.30. The van der Waals surface area contributed by atoms with Crippen LogP contribution in [0.15, 0.2) is 40.2 Å². The second-order valence-electron chi connectivity index (χ2n) is 4.94. The van der Waals surface area contributed by atoms with Gasteiger partial charge in [0, 0.05) is 10.2 Å². The number of nitrogens with one attached hydrogen (secondary N) is 3. The monoisotopic (exact) mass is 409 g/mol. The number of anilines is 1. The van der Waals surface area contributed by atoms with E-state index in [2.05, 4.69) is 31.9 Å². The highest BCUT2D eigenvalue weighted by molar-refractivity contribution is 9.10. The van der Waals surface area contributed by atoms with Gasteiger partial charge in [-0.05, 0) is 36.1 Å². The Kier molecular flexibility index (Phi) is 6.51. The maximum absolute atomic E-state index is 11.9. The molecule has 3 N–H and O–H groups in total. The fourth-order valence-electron chi connectivity index (χ4n) is 1.82. The number of hydrogen-bond acceptors (Lipinski definition) is 4. The predicted molar refractivity (Wildman–Crippen MR) is 97.2 cm³/mol. The molecule has 1 aromatic heterocycles. The molecule has 8 heteroatoms. The van der Waals surface area contributed by atoms with Crippen LogP contribution in [0.2, 0.25) is 0 Å². The molecule has 2 rings (SSSR count). The van der Waals surface area contributed by atoms with E-state index in [1.807, 2.05) is 19.1 Å². The fourth-order valence-corrected chi connectivity index (χ4v) is 2.82. The minimum atomic E-state index is -0.430. The maximum Gasteiger partial charge on any atom is 0.261 e. The standard InChI is InChI=1S/C16H16BrN3O3S/c1-10-4-5-11(17)7-12(10)20-15(22)9-18-14(21)8-19-16(23)13-3-2-6-24-13/h2-7H,8-9H2,1H3,(H,18,21)(H,19,23)(H,20,22). The van der Waals surface area contributed by atoms with Crippen molar-refractivity contribution in [1.82, 2.24) is 10.6 Å². The summed E-state index contributed by atoms with van der Waals surface area (Å²) in [6, 6.07) is 8.97. The lowest BCUT2D eigenvalue weighted by atomic mass is 10.2. The number of amides is 3. The van der Waals surface area contributed by atoms with Crippen molar-refractivity contribution < 1.29 is 14.4 Å². The summed E-state index contributed by atoms with van der Waals surface area (Å²) in [5, 5.41) is 9.47. The molecule has 6 nitrogen and oxygen atoms in total. The number of thiophene rings is 1. The van der Waals surface area contributed by atoms with Crippen LogP contribution in [0.4, 0.5) is 5.69 Å². The average Bonchev–Trinajstić information content (AvgIpc) is 3.08. The van der Waals surface area contributed by atoms with Crippen LogP contribution in [0.25, 0.3) is 0 Å². The first-order valence-electron chi connectivity index (χ1n) is 7.10. The first-order valence-corrected chi connectivity index (χ1v) is 8.77. The molecule has 0 radical (unpaired) electrons. The van der Waals surface area contributed by atoms with Gasteiger partial charge in [0.15, 0.2) is 0 Å². The van der Waals surface area contributed by atoms with Crippen molar-refractivity contribution in [3.05, 3.63) is 50.6 Å². The number of aryl methyl sites for hydroxylation is 1. The third kappa shape index (κ3) is 5.47. The van der Waals surface area contributed by atoms with Gasteiger partial charge < -0.3 is 16.0 Å². The van der Waals surface area contributed by atoms with Gasteiger partial charge >= 0.3 is 0 Å². The van der Waals surface area contributed by atoms with E-state index in [1.165, 1.54) is 11.3 Å². The summed E-state index contributed by atoms with van der Waals surface area (Å²) in [5.41, 5.74) is 1.59. The lowest BCUT2D eigenvalue weighted by Gasteiger charge is -2.10. The van der Waals surface area contributed by atoms with Crippen LogP contribution >= 0.6 is 27.3 Å². The molecule has 0 saturated heterocycles. The number of rotatable bonds is 6. The van der Waals surface area contributed by atoms with Crippen molar-refractivity contribution in [2.45, 2.75) is 6.92 Å². The molecule has 126 valence electrons. The van der Waals surface area contributed by atoms with Crippen molar-refractivity contribution in [3.63, 3.8) is 0 Å². The number of halogens is 1. The van der Waals surface area contributed by atoms with E-state index in [1.54, 1.807) is 23.6 Å². The molecule has 0 aliphatic carbocycles. The van der Waals surface area contributed by atoms with Crippen molar-refractivity contribution in [2.75, 3.05) is 18.4 Å². The molecule has 0 bridgehead atoms. The van der Waals surface area contributed by atoms with Crippen molar-refractivity contribution in [3.8, 4) is 0 Å². The minimum Gasteiger partial charge on any atom is -0.345 e. The lowest BCUT2D eigenvalue weighted by Crippen LogP contribution is -2.40. The third-order valence-corrected chi connectivity index (χ3v) is 4.44. The molecule has 0 unspecified atom stereocenters. The van der Waals surface area contributed by atoms with Crippen LogP contribution in [0.3, 0.4) is 0 Å². The molecule has 0 aliphatic heterocycles. The zero-order valence-electron chi connectivity index (χ0n) is 12.9. The van der Waals surface area contributed by atoms with E-state index in [-0.39, 0.29) is 24.9 Å². The molecular formula is C16H16BrN3O3S. The first-order chi connectivity index (χ1) is 11.5. The summed E-state index contributed by atoms with van der Waals surface area (Å²) in [4.78, 5) is 35.8. The number of carbonyl (C=O) groups excluding carboxylic acids is 3. The van der Waals surface area contributed by atoms with Crippen molar-refractivity contribution in [1.29, 1.82) is 0 Å². The van der Waals surface area contributed by atoms with E-state index in [4.69, 9.17) is 0 Å². The van der Waals surface area contributed by atoms with Crippen LogP contribution in [0, 0.1) is 6.92 Å². The average molecular weight is 410 g/mol. The quantitative estimate of drug-likeness (QED) is 0.683. The highest BCUT2D eigenvalue weighted by Crippen LogP contribution is 2.20. The molecular weight excluding hydrogens is 394 g/mol. The molecule has 1 heterocycles. The van der Waals surface area contributed by atoms with Crippen molar-refractivity contribution in [2.24, 2.45) is 0 Å². The van der Waals surface area contributed by atoms with Gasteiger partial charge in [-0.2, -0.15) is 0 Å². The Morgan fingerprint density at radius 3 is 2.54 bits per heavy atom. The van der Waals surface area contributed by atoms with Crippen LogP contribution in [-0.4, -0.2) is 30.8 Å².